The molecule has 0 amide bonds. The van der Waals surface area contributed by atoms with Gasteiger partial charge in [-0.1, -0.05) is 6.92 Å². The van der Waals surface area contributed by atoms with Gasteiger partial charge in [-0.3, -0.25) is 0 Å². The van der Waals surface area contributed by atoms with Crippen LogP contribution in [0.15, 0.2) is 0 Å². The average molecular weight is 149 g/mol. The van der Waals surface area contributed by atoms with Gasteiger partial charge in [-0.2, -0.15) is 0 Å². The van der Waals surface area contributed by atoms with Crippen molar-refractivity contribution in [3.63, 3.8) is 0 Å². The van der Waals surface area contributed by atoms with E-state index in [0.717, 1.165) is 12.8 Å². The summed E-state index contributed by atoms with van der Waals surface area (Å²) in [6, 6.07) is 0. The molecule has 9 heavy (non-hydrogen) atoms. The Morgan fingerprint density at radius 1 is 1.56 bits per heavy atom. The molecule has 0 aromatic rings. The molecule has 1 nitrogen and oxygen atoms in total. The second-order valence-corrected chi connectivity index (χ2v) is 3.46. The van der Waals surface area contributed by atoms with Gasteiger partial charge in [-0.15, -0.1) is 11.6 Å². The van der Waals surface area contributed by atoms with E-state index in [0.29, 0.717) is 23.8 Å². The number of hydrogen-bond acceptors (Lipinski definition) is 1. The van der Waals surface area contributed by atoms with Crippen molar-refractivity contribution in [3.8, 4) is 0 Å². The summed E-state index contributed by atoms with van der Waals surface area (Å²) in [5.41, 5.74) is 0. The first-order valence-corrected chi connectivity index (χ1v) is 3.94. The molecule has 1 aliphatic carbocycles. The zero-order chi connectivity index (χ0) is 6.85. The lowest BCUT2D eigenvalue weighted by Gasteiger charge is -2.12. The molecule has 0 heterocycles. The molecule has 1 rings (SSSR count). The largest absolute Gasteiger partial charge is 0.396 e. The Morgan fingerprint density at radius 2 is 2.22 bits per heavy atom. The van der Waals surface area contributed by atoms with E-state index in [-0.39, 0.29) is 0 Å². The molecule has 0 saturated heterocycles. The highest BCUT2D eigenvalue weighted by Crippen LogP contribution is 2.34. The van der Waals surface area contributed by atoms with E-state index < -0.39 is 0 Å². The molecule has 3 atom stereocenters. The third-order valence-electron chi connectivity index (χ3n) is 2.36. The van der Waals surface area contributed by atoms with Gasteiger partial charge in [0.1, 0.15) is 0 Å². The van der Waals surface area contributed by atoms with Crippen LogP contribution in [-0.2, 0) is 0 Å². The van der Waals surface area contributed by atoms with Gasteiger partial charge in [0.2, 0.25) is 0 Å². The summed E-state index contributed by atoms with van der Waals surface area (Å²) in [5.74, 6) is 0.976. The molecule has 1 saturated carbocycles. The third kappa shape index (κ3) is 1.39. The molecule has 1 N–H and O–H groups in total. The number of halogens is 1. The van der Waals surface area contributed by atoms with Crippen molar-refractivity contribution < 1.29 is 5.11 Å². The summed E-state index contributed by atoms with van der Waals surface area (Å²) in [6.45, 7) is 2.43. The van der Waals surface area contributed by atoms with Gasteiger partial charge in [0.05, 0.1) is 0 Å². The summed E-state index contributed by atoms with van der Waals surface area (Å²) in [7, 11) is 0. The van der Waals surface area contributed by atoms with Gasteiger partial charge >= 0.3 is 0 Å². The Balaban J connectivity index is 2.41. The van der Waals surface area contributed by atoms with Crippen molar-refractivity contribution >= 4 is 11.6 Å². The fourth-order valence-electron chi connectivity index (χ4n) is 1.45. The summed E-state index contributed by atoms with van der Waals surface area (Å²) >= 11 is 5.93. The molecule has 3 unspecified atom stereocenters. The van der Waals surface area contributed by atoms with E-state index in [2.05, 4.69) is 6.92 Å². The van der Waals surface area contributed by atoms with E-state index >= 15 is 0 Å². The lowest BCUT2D eigenvalue weighted by molar-refractivity contribution is 0.202. The van der Waals surface area contributed by atoms with Crippen molar-refractivity contribution in [1.82, 2.24) is 0 Å². The molecule has 1 fully saturated rings. The van der Waals surface area contributed by atoms with Crippen molar-refractivity contribution in [2.45, 2.75) is 25.1 Å². The lowest BCUT2D eigenvalue weighted by Crippen LogP contribution is -2.13. The fraction of sp³-hybridized carbons (Fsp3) is 1.00. The van der Waals surface area contributed by atoms with E-state index in [9.17, 15) is 0 Å². The molecule has 0 aliphatic heterocycles. The highest BCUT2D eigenvalue weighted by Gasteiger charge is 2.30. The molecule has 2 heteroatoms. The number of alkyl halides is 1. The number of rotatable bonds is 1. The third-order valence-corrected chi connectivity index (χ3v) is 2.98. The summed E-state index contributed by atoms with van der Waals surface area (Å²) in [5, 5.41) is 9.10. The average Bonchev–Trinajstić information content (AvgIpc) is 2.15. The van der Waals surface area contributed by atoms with E-state index in [1.165, 1.54) is 0 Å². The van der Waals surface area contributed by atoms with Crippen LogP contribution in [0.4, 0.5) is 0 Å². The van der Waals surface area contributed by atoms with Crippen molar-refractivity contribution in [1.29, 1.82) is 0 Å². The number of hydrogen-bond donors (Lipinski definition) is 1. The second-order valence-electron chi connectivity index (χ2n) is 2.90. The zero-order valence-corrected chi connectivity index (χ0v) is 6.43. The standard InChI is InChI=1S/C7H13ClO/c1-5-6(4-9)2-3-7(5)8/h5-7,9H,2-4H2,1H3. The van der Waals surface area contributed by atoms with Crippen LogP contribution in [0.25, 0.3) is 0 Å². The highest BCUT2D eigenvalue weighted by molar-refractivity contribution is 6.20. The minimum absolute atomic E-state index is 0.308. The molecule has 0 aromatic carbocycles. The predicted octanol–water partition coefficient (Wildman–Crippen LogP) is 1.63. The molecule has 0 aromatic heterocycles. The van der Waals surface area contributed by atoms with Crippen molar-refractivity contribution in [2.75, 3.05) is 6.61 Å². The van der Waals surface area contributed by atoms with Gasteiger partial charge < -0.3 is 5.11 Å². The topological polar surface area (TPSA) is 20.2 Å². The molecule has 1 aliphatic rings. The number of aliphatic hydroxyl groups is 1. The summed E-state index contributed by atoms with van der Waals surface area (Å²) < 4.78 is 0. The zero-order valence-electron chi connectivity index (χ0n) is 5.68. The maximum absolute atomic E-state index is 8.80. The predicted molar refractivity (Wildman–Crippen MR) is 38.6 cm³/mol. The molecular weight excluding hydrogens is 136 g/mol. The first-order valence-electron chi connectivity index (χ1n) is 3.50. The van der Waals surface area contributed by atoms with Gasteiger partial charge in [-0.05, 0) is 24.7 Å². The summed E-state index contributed by atoms with van der Waals surface area (Å²) in [6.07, 6.45) is 2.18. The minimum atomic E-state index is 0.308. The SMILES string of the molecule is CC1C(Cl)CCC1CO. The van der Waals surface area contributed by atoms with Gasteiger partial charge in [0, 0.05) is 12.0 Å². The normalized spacial score (nSPS) is 43.7. The van der Waals surface area contributed by atoms with E-state index in [1.807, 2.05) is 0 Å². The second kappa shape index (κ2) is 2.89. The molecule has 54 valence electrons. The smallest absolute Gasteiger partial charge is 0.0462 e. The van der Waals surface area contributed by atoms with Crippen LogP contribution in [0, 0.1) is 11.8 Å². The van der Waals surface area contributed by atoms with Crippen LogP contribution < -0.4 is 0 Å². The molecule has 0 radical (unpaired) electrons. The van der Waals surface area contributed by atoms with Gasteiger partial charge in [0.15, 0.2) is 0 Å². The lowest BCUT2D eigenvalue weighted by atomic mass is 9.99. The minimum Gasteiger partial charge on any atom is -0.396 e. The Labute approximate surface area is 61.0 Å². The van der Waals surface area contributed by atoms with Crippen LogP contribution in [0.5, 0.6) is 0 Å². The maximum Gasteiger partial charge on any atom is 0.0462 e. The summed E-state index contributed by atoms with van der Waals surface area (Å²) in [4.78, 5) is 0. The van der Waals surface area contributed by atoms with Crippen molar-refractivity contribution in [2.24, 2.45) is 11.8 Å². The van der Waals surface area contributed by atoms with Crippen LogP contribution in [-0.4, -0.2) is 17.1 Å². The van der Waals surface area contributed by atoms with E-state index in [1.54, 1.807) is 0 Å². The van der Waals surface area contributed by atoms with Crippen LogP contribution in [0.1, 0.15) is 19.8 Å². The Bertz CT molecular complexity index is 94.9. The van der Waals surface area contributed by atoms with Crippen molar-refractivity contribution in [3.05, 3.63) is 0 Å². The Kier molecular flexibility index (Phi) is 2.36. The monoisotopic (exact) mass is 148 g/mol. The van der Waals surface area contributed by atoms with Gasteiger partial charge in [0.25, 0.3) is 0 Å². The molecule has 0 spiro atoms. The number of aliphatic hydroxyl groups excluding tert-OH is 1. The van der Waals surface area contributed by atoms with Crippen LogP contribution in [0.2, 0.25) is 0 Å². The maximum atomic E-state index is 8.80. The Morgan fingerprint density at radius 3 is 2.44 bits per heavy atom. The highest BCUT2D eigenvalue weighted by atomic mass is 35.5. The van der Waals surface area contributed by atoms with Crippen LogP contribution >= 0.6 is 11.6 Å². The van der Waals surface area contributed by atoms with E-state index in [4.69, 9.17) is 16.7 Å². The van der Waals surface area contributed by atoms with Crippen LogP contribution in [0.3, 0.4) is 0 Å². The van der Waals surface area contributed by atoms with Gasteiger partial charge in [-0.25, -0.2) is 0 Å². The molecular formula is C7H13ClO. The first kappa shape index (κ1) is 7.36. The first-order chi connectivity index (χ1) is 4.25. The Hall–Kier alpha value is 0.250. The quantitative estimate of drug-likeness (QED) is 0.561. The molecule has 0 bridgehead atoms. The fourth-order valence-corrected chi connectivity index (χ4v) is 1.78.